The summed E-state index contributed by atoms with van der Waals surface area (Å²) in [5, 5.41) is 9.72. The third kappa shape index (κ3) is 5.37. The minimum atomic E-state index is -3.97. The summed E-state index contributed by atoms with van der Waals surface area (Å²) >= 11 is 0. The van der Waals surface area contributed by atoms with Crippen molar-refractivity contribution in [2.24, 2.45) is 5.92 Å². The van der Waals surface area contributed by atoms with Crippen molar-refractivity contribution < 1.29 is 27.4 Å². The molecule has 0 fully saturated rings. The minimum absolute atomic E-state index is 0.0238. The molecule has 0 aliphatic carbocycles. The molecule has 0 aromatic heterocycles. The van der Waals surface area contributed by atoms with Crippen molar-refractivity contribution in [3.05, 3.63) is 48.3 Å². The van der Waals surface area contributed by atoms with Crippen LogP contribution in [0.2, 0.25) is 0 Å². The Morgan fingerprint density at radius 3 is 2.61 bits per heavy atom. The minimum Gasteiger partial charge on any atom is -0.487 e. The maximum atomic E-state index is 13.8. The van der Waals surface area contributed by atoms with Crippen LogP contribution in [0.4, 0.5) is 4.39 Å². The van der Waals surface area contributed by atoms with E-state index in [4.69, 9.17) is 4.74 Å². The average molecular weight is 479 g/mol. The number of hydrogen-bond donors (Lipinski definition) is 1. The van der Waals surface area contributed by atoms with Crippen LogP contribution < -0.4 is 4.74 Å². The highest BCUT2D eigenvalue weighted by atomic mass is 32.2. The lowest BCUT2D eigenvalue weighted by molar-refractivity contribution is -0.131. The number of rotatable bonds is 6. The first-order chi connectivity index (χ1) is 15.6. The monoisotopic (exact) mass is 478 g/mol. The van der Waals surface area contributed by atoms with E-state index < -0.39 is 28.0 Å². The topological polar surface area (TPSA) is 87.2 Å². The van der Waals surface area contributed by atoms with E-state index in [1.54, 1.807) is 50.1 Å². The molecular formula is C24H31FN2O5S. The van der Waals surface area contributed by atoms with Gasteiger partial charge in [0.15, 0.2) is 0 Å². The van der Waals surface area contributed by atoms with E-state index in [-0.39, 0.29) is 42.2 Å². The third-order valence-electron chi connectivity index (χ3n) is 6.01. The van der Waals surface area contributed by atoms with Crippen LogP contribution in [0.25, 0.3) is 11.1 Å². The summed E-state index contributed by atoms with van der Waals surface area (Å²) in [6.45, 7) is 5.37. The predicted octanol–water partition coefficient (Wildman–Crippen LogP) is 3.13. The molecule has 7 nitrogen and oxygen atoms in total. The number of carbonyl (C=O) groups excluding carboxylic acids is 1. The van der Waals surface area contributed by atoms with Gasteiger partial charge in [0.1, 0.15) is 22.6 Å². The molecule has 0 saturated heterocycles. The van der Waals surface area contributed by atoms with Crippen molar-refractivity contribution in [1.82, 2.24) is 9.21 Å². The van der Waals surface area contributed by atoms with Crippen molar-refractivity contribution in [3.8, 4) is 16.9 Å². The Hall–Kier alpha value is -2.49. The van der Waals surface area contributed by atoms with Gasteiger partial charge in [0, 0.05) is 32.0 Å². The number of hydrogen-bond acceptors (Lipinski definition) is 5. The summed E-state index contributed by atoms with van der Waals surface area (Å²) in [6.07, 6.45) is -0.143. The molecule has 1 aliphatic heterocycles. The standard InChI is InChI=1S/C24H31FN2O5S/c1-5-24(29)26(4)14-22-16(2)13-27(17(3)15-28)33(30,31)23-10-9-19(12-21(23)32-22)18-7-6-8-20(25)11-18/h6-12,16-17,22,28H,5,13-15H2,1-4H3/t16-,17-,22+/m1/s1. The van der Waals surface area contributed by atoms with E-state index in [0.717, 1.165) is 0 Å². The van der Waals surface area contributed by atoms with Crippen LogP contribution in [-0.4, -0.2) is 67.5 Å². The quantitative estimate of drug-likeness (QED) is 0.689. The molecule has 3 rings (SSSR count). The zero-order valence-electron chi connectivity index (χ0n) is 19.4. The number of nitrogens with zero attached hydrogens (tertiary/aromatic N) is 2. The Labute approximate surface area is 194 Å². The molecule has 2 aromatic rings. The van der Waals surface area contributed by atoms with E-state index in [2.05, 4.69) is 0 Å². The lowest BCUT2D eigenvalue weighted by atomic mass is 10.0. The largest absolute Gasteiger partial charge is 0.487 e. The predicted molar refractivity (Wildman–Crippen MR) is 124 cm³/mol. The van der Waals surface area contributed by atoms with Crippen LogP contribution in [-0.2, 0) is 14.8 Å². The van der Waals surface area contributed by atoms with Gasteiger partial charge in [-0.2, -0.15) is 4.31 Å². The van der Waals surface area contributed by atoms with Crippen molar-refractivity contribution in [2.75, 3.05) is 26.7 Å². The fourth-order valence-corrected chi connectivity index (χ4v) is 5.76. The first-order valence-electron chi connectivity index (χ1n) is 11.0. The lowest BCUT2D eigenvalue weighted by Crippen LogP contribution is -2.50. The Kier molecular flexibility index (Phi) is 7.76. The summed E-state index contributed by atoms with van der Waals surface area (Å²) in [6, 6.07) is 10.0. The number of sulfonamides is 1. The summed E-state index contributed by atoms with van der Waals surface area (Å²) < 4.78 is 48.4. The number of fused-ring (bicyclic) bond motifs is 1. The fourth-order valence-electron chi connectivity index (χ4n) is 3.93. The van der Waals surface area contributed by atoms with Gasteiger partial charge in [0.05, 0.1) is 13.2 Å². The third-order valence-corrected chi connectivity index (χ3v) is 8.03. The van der Waals surface area contributed by atoms with Crippen LogP contribution in [0.15, 0.2) is 47.4 Å². The summed E-state index contributed by atoms with van der Waals surface area (Å²) in [7, 11) is -2.28. The number of aliphatic hydroxyl groups excluding tert-OH is 1. The highest BCUT2D eigenvalue weighted by Gasteiger charge is 2.38. The zero-order valence-corrected chi connectivity index (χ0v) is 20.2. The molecule has 9 heteroatoms. The molecule has 2 aromatic carbocycles. The number of ether oxygens (including phenoxy) is 1. The summed E-state index contributed by atoms with van der Waals surface area (Å²) in [5.74, 6) is -0.579. The van der Waals surface area contributed by atoms with Crippen molar-refractivity contribution >= 4 is 15.9 Å². The van der Waals surface area contributed by atoms with Gasteiger partial charge in [-0.25, -0.2) is 12.8 Å². The smallest absolute Gasteiger partial charge is 0.247 e. The van der Waals surface area contributed by atoms with E-state index in [0.29, 0.717) is 17.5 Å². The lowest BCUT2D eigenvalue weighted by Gasteiger charge is -2.37. The van der Waals surface area contributed by atoms with Crippen LogP contribution >= 0.6 is 0 Å². The average Bonchev–Trinajstić information content (AvgIpc) is 2.79. The Morgan fingerprint density at radius 2 is 1.97 bits per heavy atom. The SMILES string of the molecule is CCC(=O)N(C)C[C@@H]1Oc2cc(-c3cccc(F)c3)ccc2S(=O)(=O)N([C@H](C)CO)C[C@H]1C. The second kappa shape index (κ2) is 10.2. The summed E-state index contributed by atoms with van der Waals surface area (Å²) in [5.41, 5.74) is 1.19. The maximum Gasteiger partial charge on any atom is 0.247 e. The molecule has 3 atom stereocenters. The van der Waals surface area contributed by atoms with Crippen LogP contribution in [0.3, 0.4) is 0 Å². The normalized spacial score (nSPS) is 21.3. The molecule has 0 bridgehead atoms. The molecule has 1 aliphatic rings. The van der Waals surface area contributed by atoms with Crippen LogP contribution in [0.1, 0.15) is 27.2 Å². The van der Waals surface area contributed by atoms with Crippen LogP contribution in [0.5, 0.6) is 5.75 Å². The van der Waals surface area contributed by atoms with Crippen molar-refractivity contribution in [1.29, 1.82) is 0 Å². The van der Waals surface area contributed by atoms with Crippen molar-refractivity contribution in [2.45, 2.75) is 44.2 Å². The number of benzene rings is 2. The van der Waals surface area contributed by atoms with Gasteiger partial charge in [-0.1, -0.05) is 32.0 Å². The molecule has 0 spiro atoms. The van der Waals surface area contributed by atoms with E-state index >= 15 is 0 Å². The number of carbonyl (C=O) groups is 1. The molecule has 1 amide bonds. The van der Waals surface area contributed by atoms with E-state index in [1.807, 2.05) is 6.92 Å². The molecule has 0 saturated carbocycles. The number of aliphatic hydroxyl groups is 1. The number of amides is 1. The highest BCUT2D eigenvalue weighted by Crippen LogP contribution is 2.36. The number of likely N-dealkylation sites (N-methyl/N-ethyl adjacent to an activating group) is 1. The van der Waals surface area contributed by atoms with E-state index in [1.165, 1.54) is 22.5 Å². The van der Waals surface area contributed by atoms with Gasteiger partial charge >= 0.3 is 0 Å². The van der Waals surface area contributed by atoms with Crippen molar-refractivity contribution in [3.63, 3.8) is 0 Å². The van der Waals surface area contributed by atoms with Gasteiger partial charge in [-0.3, -0.25) is 4.79 Å². The van der Waals surface area contributed by atoms with Gasteiger partial charge in [-0.15, -0.1) is 0 Å². The second-order valence-corrected chi connectivity index (χ2v) is 10.4. The van der Waals surface area contributed by atoms with E-state index in [9.17, 15) is 22.7 Å². The summed E-state index contributed by atoms with van der Waals surface area (Å²) in [4.78, 5) is 13.7. The Bertz CT molecular complexity index is 1110. The second-order valence-electron chi connectivity index (χ2n) is 8.54. The number of halogens is 1. The molecule has 180 valence electrons. The molecule has 0 radical (unpaired) electrons. The first-order valence-corrected chi connectivity index (χ1v) is 12.5. The van der Waals surface area contributed by atoms with Gasteiger partial charge < -0.3 is 14.7 Å². The van der Waals surface area contributed by atoms with Crippen LogP contribution in [0, 0.1) is 11.7 Å². The molecule has 0 unspecified atom stereocenters. The first kappa shape index (κ1) is 25.1. The molecule has 33 heavy (non-hydrogen) atoms. The van der Waals surface area contributed by atoms with Gasteiger partial charge in [0.25, 0.3) is 0 Å². The molecule has 1 heterocycles. The molecular weight excluding hydrogens is 447 g/mol. The molecule has 1 N–H and O–H groups in total. The van der Waals surface area contributed by atoms with Gasteiger partial charge in [0.2, 0.25) is 15.9 Å². The van der Waals surface area contributed by atoms with Gasteiger partial charge in [-0.05, 0) is 42.3 Å². The Balaban J connectivity index is 2.12. The maximum absolute atomic E-state index is 13.8. The Morgan fingerprint density at radius 1 is 1.27 bits per heavy atom. The zero-order chi connectivity index (χ0) is 24.3. The highest BCUT2D eigenvalue weighted by molar-refractivity contribution is 7.89. The fraction of sp³-hybridized carbons (Fsp3) is 0.458.